The molecule has 9 nitrogen and oxygen atoms in total. The maximum atomic E-state index is 12.4. The van der Waals surface area contributed by atoms with Gasteiger partial charge in [-0.05, 0) is 49.4 Å². The van der Waals surface area contributed by atoms with E-state index < -0.39 is 0 Å². The molecular weight excluding hydrogens is 442 g/mol. The van der Waals surface area contributed by atoms with E-state index in [1.54, 1.807) is 67.3 Å². The van der Waals surface area contributed by atoms with Gasteiger partial charge >= 0.3 is 0 Å². The van der Waals surface area contributed by atoms with Crippen LogP contribution in [0.3, 0.4) is 0 Å². The lowest BCUT2D eigenvalue weighted by Gasteiger charge is -2.09. The highest BCUT2D eigenvalue weighted by molar-refractivity contribution is 7.99. The average molecular weight is 464 g/mol. The van der Waals surface area contributed by atoms with Crippen molar-refractivity contribution in [1.82, 2.24) is 19.8 Å². The summed E-state index contributed by atoms with van der Waals surface area (Å²) in [5, 5.41) is 16.4. The number of nitrogens with zero attached hydrogens (tertiary/aromatic N) is 4. The predicted molar refractivity (Wildman–Crippen MR) is 125 cm³/mol. The van der Waals surface area contributed by atoms with E-state index in [0.29, 0.717) is 39.2 Å². The summed E-state index contributed by atoms with van der Waals surface area (Å²) in [6.07, 6.45) is 0. The van der Waals surface area contributed by atoms with Gasteiger partial charge in [0.05, 0.1) is 20.0 Å². The number of benzene rings is 2. The molecule has 0 aliphatic carbocycles. The first-order chi connectivity index (χ1) is 16.0. The van der Waals surface area contributed by atoms with Crippen molar-refractivity contribution in [1.29, 1.82) is 0 Å². The second-order valence-corrected chi connectivity index (χ2v) is 8.00. The molecule has 10 heteroatoms. The van der Waals surface area contributed by atoms with Crippen LogP contribution < -0.4 is 14.8 Å². The highest BCUT2D eigenvalue weighted by Crippen LogP contribution is 2.31. The number of fused-ring (bicyclic) bond motifs is 1. The third-order valence-corrected chi connectivity index (χ3v) is 5.70. The van der Waals surface area contributed by atoms with Gasteiger partial charge in [0.15, 0.2) is 28.8 Å². The van der Waals surface area contributed by atoms with E-state index in [2.05, 4.69) is 20.6 Å². The van der Waals surface area contributed by atoms with E-state index >= 15 is 0 Å². The molecule has 4 aromatic rings. The van der Waals surface area contributed by atoms with Crippen molar-refractivity contribution in [2.75, 3.05) is 25.3 Å². The number of carbonyl (C=O) groups is 2. The molecule has 1 amide bonds. The van der Waals surface area contributed by atoms with Crippen molar-refractivity contribution in [2.24, 2.45) is 0 Å². The van der Waals surface area contributed by atoms with Crippen LogP contribution in [0, 0.1) is 0 Å². The number of methoxy groups -OCH3 is 2. The van der Waals surface area contributed by atoms with Gasteiger partial charge in [0.25, 0.3) is 0 Å². The fraction of sp³-hybridized carbons (Fsp3) is 0.174. The molecule has 33 heavy (non-hydrogen) atoms. The summed E-state index contributed by atoms with van der Waals surface area (Å²) >= 11 is 1.28. The number of Topliss-reactive ketones (excluding diaryl/α,β-unsaturated/α-hetero) is 1. The number of anilines is 1. The van der Waals surface area contributed by atoms with Crippen molar-refractivity contribution in [3.63, 3.8) is 0 Å². The topological polar surface area (TPSA) is 108 Å². The Balaban J connectivity index is 1.50. The summed E-state index contributed by atoms with van der Waals surface area (Å²) in [6.45, 7) is 1.49. The molecule has 0 radical (unpaired) electrons. The number of amides is 1. The van der Waals surface area contributed by atoms with Gasteiger partial charge in [-0.1, -0.05) is 23.9 Å². The average Bonchev–Trinajstić information content (AvgIpc) is 3.25. The standard InChI is InChI=1S/C23H21N5O4S/c1-14(29)15-5-4-6-17(11-15)24-21(30)13-33-22-10-9-20-25-26-23(28(20)27-22)16-7-8-18(31-2)19(12-16)32-3/h4-12H,13H2,1-3H3,(H,24,30). The van der Waals surface area contributed by atoms with Gasteiger partial charge in [0.2, 0.25) is 5.91 Å². The first-order valence-corrected chi connectivity index (χ1v) is 11.0. The molecule has 0 aliphatic rings. The van der Waals surface area contributed by atoms with Crippen molar-refractivity contribution < 1.29 is 19.1 Å². The van der Waals surface area contributed by atoms with Crippen LogP contribution in [0.4, 0.5) is 5.69 Å². The molecular formula is C23H21N5O4S. The maximum absolute atomic E-state index is 12.4. The molecule has 1 N–H and O–H groups in total. The second kappa shape index (κ2) is 9.70. The molecule has 0 saturated carbocycles. The smallest absolute Gasteiger partial charge is 0.234 e. The van der Waals surface area contributed by atoms with Crippen LogP contribution in [0.5, 0.6) is 11.5 Å². The summed E-state index contributed by atoms with van der Waals surface area (Å²) in [5.74, 6) is 1.61. The Labute approximate surface area is 194 Å². The van der Waals surface area contributed by atoms with Crippen molar-refractivity contribution in [2.45, 2.75) is 11.9 Å². The van der Waals surface area contributed by atoms with Gasteiger partial charge in [-0.2, -0.15) is 9.61 Å². The van der Waals surface area contributed by atoms with E-state index in [-0.39, 0.29) is 17.4 Å². The summed E-state index contributed by atoms with van der Waals surface area (Å²) < 4.78 is 12.3. The monoisotopic (exact) mass is 463 g/mol. The maximum Gasteiger partial charge on any atom is 0.234 e. The van der Waals surface area contributed by atoms with Crippen LogP contribution in [0.25, 0.3) is 17.0 Å². The summed E-state index contributed by atoms with van der Waals surface area (Å²) in [6, 6.07) is 15.9. The Bertz CT molecular complexity index is 1340. The van der Waals surface area contributed by atoms with Crippen molar-refractivity contribution >= 4 is 34.8 Å². The number of nitrogens with one attached hydrogen (secondary N) is 1. The minimum atomic E-state index is -0.202. The zero-order valence-electron chi connectivity index (χ0n) is 18.2. The number of thioether (sulfide) groups is 1. The van der Waals surface area contributed by atoms with Crippen LogP contribution >= 0.6 is 11.8 Å². The minimum Gasteiger partial charge on any atom is -0.493 e. The van der Waals surface area contributed by atoms with Crippen LogP contribution in [-0.2, 0) is 4.79 Å². The largest absolute Gasteiger partial charge is 0.493 e. The van der Waals surface area contributed by atoms with Gasteiger partial charge < -0.3 is 14.8 Å². The number of carbonyl (C=O) groups excluding carboxylic acids is 2. The van der Waals surface area contributed by atoms with E-state index in [1.807, 2.05) is 6.07 Å². The fourth-order valence-corrected chi connectivity index (χ4v) is 3.81. The Hall–Kier alpha value is -3.92. The van der Waals surface area contributed by atoms with E-state index in [1.165, 1.54) is 18.7 Å². The van der Waals surface area contributed by atoms with Gasteiger partial charge in [0.1, 0.15) is 5.03 Å². The van der Waals surface area contributed by atoms with Gasteiger partial charge in [-0.25, -0.2) is 0 Å². The third-order valence-electron chi connectivity index (χ3n) is 4.78. The summed E-state index contributed by atoms with van der Waals surface area (Å²) in [5.41, 5.74) is 2.46. The zero-order valence-corrected chi connectivity index (χ0v) is 19.0. The SMILES string of the molecule is COc1ccc(-c2nnc3ccc(SCC(=O)Nc4cccc(C(C)=O)c4)nn23)cc1OC. The van der Waals surface area contributed by atoms with E-state index in [0.717, 1.165) is 5.56 Å². The molecule has 4 rings (SSSR count). The Morgan fingerprint density at radius 3 is 2.58 bits per heavy atom. The molecule has 0 saturated heterocycles. The van der Waals surface area contributed by atoms with Crippen molar-refractivity contribution in [3.8, 4) is 22.9 Å². The number of aromatic nitrogens is 4. The highest BCUT2D eigenvalue weighted by Gasteiger charge is 2.14. The van der Waals surface area contributed by atoms with Crippen LogP contribution in [0.1, 0.15) is 17.3 Å². The Morgan fingerprint density at radius 1 is 1.00 bits per heavy atom. The van der Waals surface area contributed by atoms with Crippen molar-refractivity contribution in [3.05, 3.63) is 60.2 Å². The first-order valence-electron chi connectivity index (χ1n) is 9.97. The Morgan fingerprint density at radius 2 is 1.82 bits per heavy atom. The van der Waals surface area contributed by atoms with Gasteiger partial charge in [-0.15, -0.1) is 10.2 Å². The van der Waals surface area contributed by atoms with Crippen LogP contribution in [0.15, 0.2) is 59.6 Å². The molecule has 0 bridgehead atoms. The lowest BCUT2D eigenvalue weighted by Crippen LogP contribution is -2.14. The van der Waals surface area contributed by atoms with E-state index in [4.69, 9.17) is 9.47 Å². The number of ketones is 1. The highest BCUT2D eigenvalue weighted by atomic mass is 32.2. The molecule has 2 aromatic heterocycles. The normalized spacial score (nSPS) is 10.8. The minimum absolute atomic E-state index is 0.0581. The predicted octanol–water partition coefficient (Wildman–Crippen LogP) is 3.74. The number of hydrogen-bond acceptors (Lipinski definition) is 8. The lowest BCUT2D eigenvalue weighted by molar-refractivity contribution is -0.113. The Kier molecular flexibility index (Phi) is 6.55. The van der Waals surface area contributed by atoms with Gasteiger partial charge in [0, 0.05) is 16.8 Å². The number of ether oxygens (including phenoxy) is 2. The van der Waals surface area contributed by atoms with Crippen LogP contribution in [-0.4, -0.2) is 51.5 Å². The lowest BCUT2D eigenvalue weighted by atomic mass is 10.1. The fourth-order valence-electron chi connectivity index (χ4n) is 3.16. The molecule has 0 unspecified atom stereocenters. The zero-order chi connectivity index (χ0) is 23.4. The number of hydrogen-bond donors (Lipinski definition) is 1. The molecule has 2 heterocycles. The summed E-state index contributed by atoms with van der Waals surface area (Å²) in [7, 11) is 3.14. The molecule has 2 aromatic carbocycles. The van der Waals surface area contributed by atoms with Gasteiger partial charge in [-0.3, -0.25) is 9.59 Å². The second-order valence-electron chi connectivity index (χ2n) is 7.01. The molecule has 0 fully saturated rings. The summed E-state index contributed by atoms with van der Waals surface area (Å²) in [4.78, 5) is 23.9. The van der Waals surface area contributed by atoms with Crippen LogP contribution in [0.2, 0.25) is 0 Å². The first kappa shape index (κ1) is 22.3. The molecule has 0 spiro atoms. The molecule has 168 valence electrons. The third kappa shape index (κ3) is 4.96. The molecule has 0 atom stereocenters. The molecule has 0 aliphatic heterocycles. The van der Waals surface area contributed by atoms with E-state index in [9.17, 15) is 9.59 Å². The number of rotatable bonds is 8. The quantitative estimate of drug-likeness (QED) is 0.311.